The highest BCUT2D eigenvalue weighted by molar-refractivity contribution is 5.81. The van der Waals surface area contributed by atoms with Gasteiger partial charge in [-0.15, -0.1) is 0 Å². The molecule has 2 saturated carbocycles. The molecule has 0 aromatic rings. The van der Waals surface area contributed by atoms with Crippen LogP contribution >= 0.6 is 0 Å². The summed E-state index contributed by atoms with van der Waals surface area (Å²) >= 11 is 0. The third-order valence-electron chi connectivity index (χ3n) is 5.66. The zero-order valence-corrected chi connectivity index (χ0v) is 12.6. The summed E-state index contributed by atoms with van der Waals surface area (Å²) in [6, 6.07) is 0.432. The standard InChI is InChI=1S/C16H28N2O/c1-10(2)6-15-17-9-16(19)18(15)11(3)14-8-12-4-5-13(14)7-12/h10-15,17H,4-9H2,1-3H3. The van der Waals surface area contributed by atoms with E-state index < -0.39 is 0 Å². The van der Waals surface area contributed by atoms with Gasteiger partial charge in [0.15, 0.2) is 0 Å². The normalized spacial score (nSPS) is 39.6. The molecule has 3 rings (SSSR count). The Balaban J connectivity index is 1.70. The Morgan fingerprint density at radius 2 is 2.05 bits per heavy atom. The Kier molecular flexibility index (Phi) is 3.59. The second-order valence-corrected chi connectivity index (χ2v) is 7.41. The molecule has 2 bridgehead atoms. The number of hydrogen-bond donors (Lipinski definition) is 1. The van der Waals surface area contributed by atoms with Crippen LogP contribution in [0.1, 0.15) is 52.9 Å². The average molecular weight is 264 g/mol. The first-order valence-electron chi connectivity index (χ1n) is 8.10. The van der Waals surface area contributed by atoms with Crippen molar-refractivity contribution in [2.24, 2.45) is 23.7 Å². The van der Waals surface area contributed by atoms with E-state index in [2.05, 4.69) is 31.0 Å². The fraction of sp³-hybridized carbons (Fsp3) is 0.938. The van der Waals surface area contributed by atoms with E-state index in [1.807, 2.05) is 0 Å². The maximum atomic E-state index is 12.2. The Labute approximate surface area is 117 Å². The van der Waals surface area contributed by atoms with Crippen LogP contribution in [0, 0.1) is 23.7 Å². The van der Waals surface area contributed by atoms with Gasteiger partial charge in [0.05, 0.1) is 12.7 Å². The van der Waals surface area contributed by atoms with E-state index >= 15 is 0 Å². The number of hydrogen-bond acceptors (Lipinski definition) is 2. The summed E-state index contributed by atoms with van der Waals surface area (Å²) < 4.78 is 0. The smallest absolute Gasteiger partial charge is 0.238 e. The van der Waals surface area contributed by atoms with Gasteiger partial charge < -0.3 is 4.90 Å². The molecule has 3 heteroatoms. The molecule has 108 valence electrons. The van der Waals surface area contributed by atoms with E-state index in [0.717, 1.165) is 24.2 Å². The molecule has 1 aliphatic heterocycles. The zero-order chi connectivity index (χ0) is 13.6. The predicted molar refractivity (Wildman–Crippen MR) is 76.5 cm³/mol. The van der Waals surface area contributed by atoms with Crippen molar-refractivity contribution < 1.29 is 4.79 Å². The van der Waals surface area contributed by atoms with Gasteiger partial charge in [-0.2, -0.15) is 0 Å². The molecule has 0 spiro atoms. The molecule has 2 aliphatic carbocycles. The van der Waals surface area contributed by atoms with Gasteiger partial charge in [0.1, 0.15) is 0 Å². The molecule has 5 unspecified atom stereocenters. The summed E-state index contributed by atoms with van der Waals surface area (Å²) in [5.41, 5.74) is 0. The Morgan fingerprint density at radius 3 is 2.63 bits per heavy atom. The van der Waals surface area contributed by atoms with Gasteiger partial charge in [-0.25, -0.2) is 0 Å². The summed E-state index contributed by atoms with van der Waals surface area (Å²) in [5.74, 6) is 3.58. The highest BCUT2D eigenvalue weighted by Crippen LogP contribution is 2.50. The quantitative estimate of drug-likeness (QED) is 0.846. The van der Waals surface area contributed by atoms with Gasteiger partial charge in [0, 0.05) is 6.04 Å². The maximum absolute atomic E-state index is 12.2. The van der Waals surface area contributed by atoms with Crippen molar-refractivity contribution in [3.8, 4) is 0 Å². The first kappa shape index (κ1) is 13.4. The molecule has 1 amide bonds. The molecule has 1 N–H and O–H groups in total. The largest absolute Gasteiger partial charge is 0.323 e. The predicted octanol–water partition coefficient (Wildman–Crippen LogP) is 2.62. The molecule has 3 fully saturated rings. The monoisotopic (exact) mass is 264 g/mol. The molecule has 1 saturated heterocycles. The molecule has 0 aromatic carbocycles. The first-order valence-corrected chi connectivity index (χ1v) is 8.10. The average Bonchev–Trinajstić information content (AvgIpc) is 3.03. The van der Waals surface area contributed by atoms with E-state index in [1.54, 1.807) is 0 Å². The van der Waals surface area contributed by atoms with Crippen molar-refractivity contribution in [3.63, 3.8) is 0 Å². The molecule has 3 aliphatic rings. The summed E-state index contributed by atoms with van der Waals surface area (Å²) in [4.78, 5) is 14.4. The van der Waals surface area contributed by atoms with Crippen molar-refractivity contribution in [1.29, 1.82) is 0 Å². The Bertz CT molecular complexity index is 355. The van der Waals surface area contributed by atoms with Crippen LogP contribution in [0.15, 0.2) is 0 Å². The SMILES string of the molecule is CC(C)CC1NCC(=O)N1C(C)C1CC2CCC1C2. The first-order chi connectivity index (χ1) is 9.06. The minimum Gasteiger partial charge on any atom is -0.323 e. The summed E-state index contributed by atoms with van der Waals surface area (Å²) in [5, 5.41) is 3.41. The molecule has 0 aromatic heterocycles. The molecular weight excluding hydrogens is 236 g/mol. The van der Waals surface area contributed by atoms with Gasteiger partial charge in [0.2, 0.25) is 5.91 Å². The van der Waals surface area contributed by atoms with E-state index in [0.29, 0.717) is 24.4 Å². The van der Waals surface area contributed by atoms with Crippen molar-refractivity contribution >= 4 is 5.91 Å². The summed E-state index contributed by atoms with van der Waals surface area (Å²) in [6.45, 7) is 7.32. The van der Waals surface area contributed by atoms with Gasteiger partial charge >= 0.3 is 0 Å². The van der Waals surface area contributed by atoms with Crippen LogP contribution in [0.2, 0.25) is 0 Å². The topological polar surface area (TPSA) is 32.3 Å². The number of carbonyl (C=O) groups excluding carboxylic acids is 1. The third-order valence-corrected chi connectivity index (χ3v) is 5.66. The number of nitrogens with zero attached hydrogens (tertiary/aromatic N) is 1. The lowest BCUT2D eigenvalue weighted by Crippen LogP contribution is -2.48. The number of fused-ring (bicyclic) bond motifs is 2. The van der Waals surface area contributed by atoms with Crippen molar-refractivity contribution in [3.05, 3.63) is 0 Å². The van der Waals surface area contributed by atoms with Crippen LogP contribution < -0.4 is 5.32 Å². The highest BCUT2D eigenvalue weighted by atomic mass is 16.2. The lowest BCUT2D eigenvalue weighted by molar-refractivity contribution is -0.131. The van der Waals surface area contributed by atoms with E-state index in [9.17, 15) is 4.79 Å². The van der Waals surface area contributed by atoms with Gasteiger partial charge in [-0.3, -0.25) is 10.1 Å². The number of carbonyl (C=O) groups is 1. The highest BCUT2D eigenvalue weighted by Gasteiger charge is 2.46. The minimum atomic E-state index is 0.279. The molecule has 3 nitrogen and oxygen atoms in total. The second kappa shape index (κ2) is 5.08. The molecule has 5 atom stereocenters. The van der Waals surface area contributed by atoms with E-state index in [4.69, 9.17) is 0 Å². The van der Waals surface area contributed by atoms with E-state index in [-0.39, 0.29) is 6.17 Å². The molecule has 19 heavy (non-hydrogen) atoms. The Hall–Kier alpha value is -0.570. The molecule has 1 heterocycles. The van der Waals surface area contributed by atoms with Gasteiger partial charge in [-0.05, 0) is 56.3 Å². The fourth-order valence-electron chi connectivity index (χ4n) is 4.81. The number of amides is 1. The van der Waals surface area contributed by atoms with Crippen molar-refractivity contribution in [1.82, 2.24) is 10.2 Å². The second-order valence-electron chi connectivity index (χ2n) is 7.41. The lowest BCUT2D eigenvalue weighted by atomic mass is 9.83. The van der Waals surface area contributed by atoms with Crippen LogP contribution in [0.3, 0.4) is 0 Å². The summed E-state index contributed by atoms with van der Waals surface area (Å²) in [6.07, 6.45) is 7.00. The summed E-state index contributed by atoms with van der Waals surface area (Å²) in [7, 11) is 0. The van der Waals surface area contributed by atoms with Gasteiger partial charge in [-0.1, -0.05) is 20.3 Å². The maximum Gasteiger partial charge on any atom is 0.238 e. The van der Waals surface area contributed by atoms with E-state index in [1.165, 1.54) is 25.7 Å². The Morgan fingerprint density at radius 1 is 1.26 bits per heavy atom. The zero-order valence-electron chi connectivity index (χ0n) is 12.6. The van der Waals surface area contributed by atoms with Crippen LogP contribution in [0.4, 0.5) is 0 Å². The molecule has 0 radical (unpaired) electrons. The number of rotatable bonds is 4. The lowest BCUT2D eigenvalue weighted by Gasteiger charge is -2.38. The van der Waals surface area contributed by atoms with Crippen LogP contribution in [0.5, 0.6) is 0 Å². The third kappa shape index (κ3) is 2.42. The minimum absolute atomic E-state index is 0.279. The van der Waals surface area contributed by atoms with Crippen molar-refractivity contribution in [2.45, 2.75) is 65.1 Å². The molecular formula is C16H28N2O. The van der Waals surface area contributed by atoms with Crippen LogP contribution in [0.25, 0.3) is 0 Å². The van der Waals surface area contributed by atoms with Crippen molar-refractivity contribution in [2.75, 3.05) is 6.54 Å². The van der Waals surface area contributed by atoms with Crippen LogP contribution in [-0.4, -0.2) is 29.6 Å². The van der Waals surface area contributed by atoms with Crippen LogP contribution in [-0.2, 0) is 4.79 Å². The van der Waals surface area contributed by atoms with Gasteiger partial charge in [0.25, 0.3) is 0 Å². The number of nitrogens with one attached hydrogen (secondary N) is 1. The fourth-order valence-corrected chi connectivity index (χ4v) is 4.81.